The second kappa shape index (κ2) is 3.00. The molecule has 12 heteroatoms. The van der Waals surface area contributed by atoms with E-state index in [2.05, 4.69) is 15.5 Å². The fourth-order valence-electron chi connectivity index (χ4n) is 1.17. The molecule has 0 spiro atoms. The third-order valence-corrected chi connectivity index (χ3v) is 1.78. The van der Waals surface area contributed by atoms with Crippen molar-refractivity contribution in [2.75, 3.05) is 23.2 Å². The molecule has 15 heavy (non-hydrogen) atoms. The summed E-state index contributed by atoms with van der Waals surface area (Å²) in [6, 6.07) is 0. The first-order chi connectivity index (χ1) is 7.11. The van der Waals surface area contributed by atoms with Crippen molar-refractivity contribution in [2.24, 2.45) is 0 Å². The minimum absolute atomic E-state index is 0.158. The predicted molar refractivity (Wildman–Crippen MR) is 42.2 cm³/mol. The van der Waals surface area contributed by atoms with Crippen molar-refractivity contribution in [3.63, 3.8) is 0 Å². The van der Waals surface area contributed by atoms with Gasteiger partial charge in [-0.3, -0.25) is 0 Å². The van der Waals surface area contributed by atoms with E-state index in [0.29, 0.717) is 14.9 Å². The summed E-state index contributed by atoms with van der Waals surface area (Å²) in [5, 5.41) is 30.6. The molecule has 0 saturated carbocycles. The van der Waals surface area contributed by atoms with Crippen LogP contribution in [0.4, 0.5) is 5.95 Å². The average Bonchev–Trinajstić information content (AvgIpc) is 2.63. The van der Waals surface area contributed by atoms with Gasteiger partial charge in [0.1, 0.15) is 13.1 Å². The van der Waals surface area contributed by atoms with Gasteiger partial charge in [0.25, 0.3) is 0 Å². The average molecular weight is 216 g/mol. The van der Waals surface area contributed by atoms with Crippen LogP contribution in [0.25, 0.3) is 0 Å². The first-order valence-electron chi connectivity index (χ1n) is 3.73. The van der Waals surface area contributed by atoms with Crippen molar-refractivity contribution < 1.29 is 10.1 Å². The Bertz CT molecular complexity index is 377. The van der Waals surface area contributed by atoms with E-state index in [1.807, 2.05) is 0 Å². The first kappa shape index (κ1) is 9.04. The van der Waals surface area contributed by atoms with Crippen molar-refractivity contribution in [1.29, 1.82) is 0 Å². The molecule has 1 aliphatic rings. The Kier molecular flexibility index (Phi) is 1.81. The van der Waals surface area contributed by atoms with Gasteiger partial charge in [0, 0.05) is 10.0 Å². The summed E-state index contributed by atoms with van der Waals surface area (Å²) in [7, 11) is 0. The van der Waals surface area contributed by atoms with Crippen LogP contribution in [0.3, 0.4) is 0 Å². The second-order valence-electron chi connectivity index (χ2n) is 2.56. The van der Waals surface area contributed by atoms with E-state index < -0.39 is 10.1 Å². The summed E-state index contributed by atoms with van der Waals surface area (Å²) < 4.78 is 0. The standard InChI is InChI=1S/C3H4N8O4/c12-10(13)7-1-2-8(11(14)15)9-3(7)4-5-6-9/h1-2H2. The summed E-state index contributed by atoms with van der Waals surface area (Å²) >= 11 is 0. The number of nitro groups is 2. The summed E-state index contributed by atoms with van der Waals surface area (Å²) in [6.45, 7) is -0.333. The lowest BCUT2D eigenvalue weighted by molar-refractivity contribution is -0.529. The lowest BCUT2D eigenvalue weighted by Crippen LogP contribution is -2.53. The Balaban J connectivity index is 2.41. The molecule has 1 aliphatic heterocycles. The van der Waals surface area contributed by atoms with Crippen LogP contribution in [0.2, 0.25) is 0 Å². The van der Waals surface area contributed by atoms with E-state index in [4.69, 9.17) is 0 Å². The number of aromatic nitrogens is 4. The van der Waals surface area contributed by atoms with Gasteiger partial charge >= 0.3 is 5.95 Å². The van der Waals surface area contributed by atoms with Gasteiger partial charge in [0.2, 0.25) is 0 Å². The van der Waals surface area contributed by atoms with Crippen molar-refractivity contribution in [1.82, 2.24) is 20.3 Å². The first-order valence-corrected chi connectivity index (χ1v) is 3.73. The molecule has 0 bridgehead atoms. The second-order valence-corrected chi connectivity index (χ2v) is 2.56. The summed E-state index contributed by atoms with van der Waals surface area (Å²) in [5.74, 6) is -0.289. The Hall–Kier alpha value is -2.53. The monoisotopic (exact) mass is 216 g/mol. The smallest absolute Gasteiger partial charge is 0.339 e. The van der Waals surface area contributed by atoms with Gasteiger partial charge in [-0.2, -0.15) is 0 Å². The molecule has 12 nitrogen and oxygen atoms in total. The lowest BCUT2D eigenvalue weighted by Gasteiger charge is -2.20. The van der Waals surface area contributed by atoms with E-state index in [0.717, 1.165) is 0 Å². The number of tetrazole rings is 1. The zero-order chi connectivity index (χ0) is 11.0. The van der Waals surface area contributed by atoms with Gasteiger partial charge in [0.05, 0.1) is 10.2 Å². The fraction of sp³-hybridized carbons (Fsp3) is 0.667. The molecular weight excluding hydrogens is 212 g/mol. The predicted octanol–water partition coefficient (Wildman–Crippen LogP) is -2.19. The topological polar surface area (TPSA) is 136 Å². The molecule has 80 valence electrons. The SMILES string of the molecule is O=[N+]([O-])N1CCN([N+](=O)[O-])n2nnnc21. The number of fused-ring (bicyclic) bond motifs is 1. The van der Waals surface area contributed by atoms with E-state index in [-0.39, 0.29) is 19.0 Å². The number of hydrogen-bond acceptors (Lipinski definition) is 7. The Morgan fingerprint density at radius 1 is 1.20 bits per heavy atom. The van der Waals surface area contributed by atoms with E-state index >= 15 is 0 Å². The number of hydrazine groups is 2. The highest BCUT2D eigenvalue weighted by atomic mass is 16.7. The van der Waals surface area contributed by atoms with Crippen LogP contribution in [0, 0.1) is 20.2 Å². The van der Waals surface area contributed by atoms with Crippen LogP contribution in [0.15, 0.2) is 0 Å². The normalized spacial score (nSPS) is 14.9. The lowest BCUT2D eigenvalue weighted by atomic mass is 10.6. The van der Waals surface area contributed by atoms with Crippen LogP contribution in [-0.2, 0) is 0 Å². The third kappa shape index (κ3) is 1.27. The highest BCUT2D eigenvalue weighted by molar-refractivity contribution is 5.26. The number of rotatable bonds is 2. The Morgan fingerprint density at radius 3 is 2.53 bits per heavy atom. The van der Waals surface area contributed by atoms with E-state index in [1.54, 1.807) is 0 Å². The van der Waals surface area contributed by atoms with Crippen LogP contribution < -0.4 is 10.1 Å². The highest BCUT2D eigenvalue weighted by Crippen LogP contribution is 2.13. The quantitative estimate of drug-likeness (QED) is 0.398. The molecule has 0 fully saturated rings. The third-order valence-electron chi connectivity index (χ3n) is 1.78. The molecule has 0 N–H and O–H groups in total. The Morgan fingerprint density at radius 2 is 1.93 bits per heavy atom. The molecule has 0 aliphatic carbocycles. The molecule has 0 saturated heterocycles. The summed E-state index contributed by atoms with van der Waals surface area (Å²) in [5.41, 5.74) is 0. The Labute approximate surface area is 80.9 Å². The summed E-state index contributed by atoms with van der Waals surface area (Å²) in [4.78, 5) is 21.7. The number of anilines is 1. The van der Waals surface area contributed by atoms with Gasteiger partial charge in [-0.15, -0.1) is 0 Å². The van der Waals surface area contributed by atoms with Crippen LogP contribution in [0.1, 0.15) is 0 Å². The van der Waals surface area contributed by atoms with Crippen molar-refractivity contribution in [2.45, 2.75) is 0 Å². The molecule has 1 aromatic heterocycles. The van der Waals surface area contributed by atoms with Gasteiger partial charge in [-0.25, -0.2) is 10.1 Å². The van der Waals surface area contributed by atoms with Crippen molar-refractivity contribution in [3.8, 4) is 0 Å². The highest BCUT2D eigenvalue weighted by Gasteiger charge is 2.40. The molecule has 2 heterocycles. The molecule has 1 aromatic rings. The molecule has 0 radical (unpaired) electrons. The van der Waals surface area contributed by atoms with Crippen molar-refractivity contribution >= 4 is 5.95 Å². The molecular formula is C3H4N8O4. The molecule has 2 rings (SSSR count). The molecule has 0 aromatic carbocycles. The minimum Gasteiger partial charge on any atom is -0.339 e. The van der Waals surface area contributed by atoms with E-state index in [1.165, 1.54) is 0 Å². The molecule has 0 atom stereocenters. The molecule has 0 amide bonds. The van der Waals surface area contributed by atoms with Gasteiger partial charge in [-0.1, -0.05) is 5.10 Å². The zero-order valence-corrected chi connectivity index (χ0v) is 7.12. The van der Waals surface area contributed by atoms with Crippen LogP contribution >= 0.6 is 0 Å². The maximum atomic E-state index is 10.5. The maximum absolute atomic E-state index is 10.5. The molecule has 0 unspecified atom stereocenters. The zero-order valence-electron chi connectivity index (χ0n) is 7.12. The van der Waals surface area contributed by atoms with E-state index in [9.17, 15) is 20.2 Å². The van der Waals surface area contributed by atoms with Crippen molar-refractivity contribution in [3.05, 3.63) is 20.2 Å². The van der Waals surface area contributed by atoms with Gasteiger partial charge in [0.15, 0.2) is 5.03 Å². The number of hydrogen-bond donors (Lipinski definition) is 0. The van der Waals surface area contributed by atoms with Gasteiger partial charge < -0.3 is 10.1 Å². The largest absolute Gasteiger partial charge is 0.424 e. The van der Waals surface area contributed by atoms with Gasteiger partial charge in [-0.05, 0) is 10.1 Å². The fourth-order valence-corrected chi connectivity index (χ4v) is 1.17. The summed E-state index contributed by atoms with van der Waals surface area (Å²) in [6.07, 6.45) is 0. The maximum Gasteiger partial charge on any atom is 0.424 e. The van der Waals surface area contributed by atoms with Crippen LogP contribution in [-0.4, -0.2) is 43.5 Å². The van der Waals surface area contributed by atoms with Crippen LogP contribution in [0.5, 0.6) is 0 Å². The minimum atomic E-state index is -0.739. The number of nitrogens with zero attached hydrogens (tertiary/aromatic N) is 8.